The van der Waals surface area contributed by atoms with Crippen molar-refractivity contribution >= 4 is 64.0 Å². The van der Waals surface area contributed by atoms with Gasteiger partial charge in [-0.25, -0.2) is 4.79 Å². The van der Waals surface area contributed by atoms with E-state index in [1.807, 2.05) is 0 Å². The summed E-state index contributed by atoms with van der Waals surface area (Å²) in [5, 5.41) is 2.96. The number of nitrogens with one attached hydrogen (secondary N) is 1. The van der Waals surface area contributed by atoms with Crippen LogP contribution in [0.1, 0.15) is 12.8 Å². The molecule has 1 saturated heterocycles. The number of halogens is 5. The summed E-state index contributed by atoms with van der Waals surface area (Å²) in [4.78, 5) is 11.9. The van der Waals surface area contributed by atoms with E-state index < -0.39 is 5.97 Å². The largest absolute Gasteiger partial charge is 0.422 e. The van der Waals surface area contributed by atoms with E-state index in [2.05, 4.69) is 5.32 Å². The van der Waals surface area contributed by atoms with Crippen LogP contribution in [0.5, 0.6) is 5.75 Å². The third kappa shape index (κ3) is 3.07. The standard InChI is InChI=1S/C11H8Cl5NO2/c12-5-6(13)8(15)10(9(16)7(5)14)19-11(18)4-2-1-3-17-4/h4,17H,1-3H2/t4-/m0/s1. The van der Waals surface area contributed by atoms with Gasteiger partial charge in [0.05, 0.1) is 15.1 Å². The maximum atomic E-state index is 11.9. The van der Waals surface area contributed by atoms with Crippen LogP contribution in [-0.4, -0.2) is 18.6 Å². The molecule has 1 fully saturated rings. The molecule has 2 rings (SSSR count). The summed E-state index contributed by atoms with van der Waals surface area (Å²) in [5.74, 6) is -0.544. The van der Waals surface area contributed by atoms with Crippen molar-refractivity contribution in [3.05, 3.63) is 25.1 Å². The molecule has 8 heteroatoms. The number of esters is 1. The van der Waals surface area contributed by atoms with Gasteiger partial charge in [0.25, 0.3) is 0 Å². The number of hydrogen-bond donors (Lipinski definition) is 1. The third-order valence-electron chi connectivity index (χ3n) is 2.72. The summed E-state index contributed by atoms with van der Waals surface area (Å²) in [5.41, 5.74) is 0. The highest BCUT2D eigenvalue weighted by Gasteiger charge is 2.28. The maximum Gasteiger partial charge on any atom is 0.328 e. The lowest BCUT2D eigenvalue weighted by atomic mass is 10.2. The van der Waals surface area contributed by atoms with Crippen molar-refractivity contribution in [2.75, 3.05) is 6.54 Å². The average molecular weight is 363 g/mol. The first-order valence-corrected chi connectivity index (χ1v) is 7.29. The number of rotatable bonds is 2. The number of benzene rings is 1. The van der Waals surface area contributed by atoms with Gasteiger partial charge in [-0.2, -0.15) is 0 Å². The van der Waals surface area contributed by atoms with Gasteiger partial charge in [0.2, 0.25) is 0 Å². The van der Waals surface area contributed by atoms with Crippen LogP contribution in [0, 0.1) is 0 Å². The molecule has 0 saturated carbocycles. The van der Waals surface area contributed by atoms with E-state index in [0.29, 0.717) is 6.42 Å². The molecule has 0 aromatic heterocycles. The smallest absolute Gasteiger partial charge is 0.328 e. The monoisotopic (exact) mass is 361 g/mol. The molecule has 0 unspecified atom stereocenters. The molecule has 0 spiro atoms. The van der Waals surface area contributed by atoms with Gasteiger partial charge < -0.3 is 10.1 Å². The predicted molar refractivity (Wildman–Crippen MR) is 78.2 cm³/mol. The Kier molecular flexibility index (Phi) is 5.09. The Morgan fingerprint density at radius 3 is 2.00 bits per heavy atom. The first-order chi connectivity index (χ1) is 8.93. The predicted octanol–water partition coefficient (Wildman–Crippen LogP) is 4.61. The second-order valence-corrected chi connectivity index (χ2v) is 5.86. The molecular formula is C11H8Cl5NO2. The normalized spacial score (nSPS) is 18.7. The van der Waals surface area contributed by atoms with Gasteiger partial charge >= 0.3 is 5.97 Å². The van der Waals surface area contributed by atoms with E-state index >= 15 is 0 Å². The van der Waals surface area contributed by atoms with Crippen molar-refractivity contribution in [1.29, 1.82) is 0 Å². The van der Waals surface area contributed by atoms with Crippen molar-refractivity contribution in [2.45, 2.75) is 18.9 Å². The fourth-order valence-corrected chi connectivity index (χ4v) is 2.93. The number of hydrogen-bond acceptors (Lipinski definition) is 3. The third-order valence-corrected chi connectivity index (χ3v) is 4.96. The van der Waals surface area contributed by atoms with Crippen LogP contribution in [0.2, 0.25) is 25.1 Å². The van der Waals surface area contributed by atoms with E-state index in [-0.39, 0.29) is 36.9 Å². The Bertz CT molecular complexity index is 499. The molecule has 3 nitrogen and oxygen atoms in total. The summed E-state index contributed by atoms with van der Waals surface area (Å²) in [6, 6.07) is -0.375. The Labute approximate surface area is 135 Å². The summed E-state index contributed by atoms with van der Waals surface area (Å²) in [7, 11) is 0. The van der Waals surface area contributed by atoms with E-state index in [4.69, 9.17) is 62.7 Å². The molecule has 1 aromatic carbocycles. The molecule has 104 valence electrons. The highest BCUT2D eigenvalue weighted by Crippen LogP contribution is 2.48. The minimum absolute atomic E-state index is 0.0000792. The van der Waals surface area contributed by atoms with Crippen molar-refractivity contribution in [2.24, 2.45) is 0 Å². The fourth-order valence-electron chi connectivity index (χ4n) is 1.73. The van der Waals surface area contributed by atoms with E-state index in [9.17, 15) is 4.79 Å². The minimum Gasteiger partial charge on any atom is -0.422 e. The van der Waals surface area contributed by atoms with Gasteiger partial charge in [-0.3, -0.25) is 0 Å². The number of ether oxygens (including phenoxy) is 1. The Balaban J connectivity index is 2.32. The highest BCUT2D eigenvalue weighted by atomic mass is 35.5. The second-order valence-electron chi connectivity index (χ2n) is 3.97. The molecule has 1 aliphatic rings. The Hall–Kier alpha value is 0.1000. The lowest BCUT2D eigenvalue weighted by Gasteiger charge is -2.14. The van der Waals surface area contributed by atoms with Crippen LogP contribution in [0.3, 0.4) is 0 Å². The first kappa shape index (κ1) is 15.5. The molecule has 0 amide bonds. The molecule has 1 aromatic rings. The zero-order valence-electron chi connectivity index (χ0n) is 9.40. The maximum absolute atomic E-state index is 11.9. The summed E-state index contributed by atoms with van der Waals surface area (Å²) in [6.07, 6.45) is 1.60. The van der Waals surface area contributed by atoms with Crippen molar-refractivity contribution in [3.63, 3.8) is 0 Å². The van der Waals surface area contributed by atoms with Gasteiger partial charge in [-0.15, -0.1) is 0 Å². The first-order valence-electron chi connectivity index (χ1n) is 5.40. The van der Waals surface area contributed by atoms with Crippen LogP contribution >= 0.6 is 58.0 Å². The van der Waals surface area contributed by atoms with Crippen LogP contribution in [0.4, 0.5) is 0 Å². The molecule has 0 aliphatic carbocycles. The van der Waals surface area contributed by atoms with Crippen LogP contribution < -0.4 is 10.1 Å². The number of carbonyl (C=O) groups excluding carboxylic acids is 1. The molecule has 1 atom stereocenters. The van der Waals surface area contributed by atoms with Gasteiger partial charge in [0.15, 0.2) is 5.75 Å². The summed E-state index contributed by atoms with van der Waals surface area (Å²) < 4.78 is 5.18. The Morgan fingerprint density at radius 1 is 1.00 bits per heavy atom. The zero-order valence-corrected chi connectivity index (χ0v) is 13.2. The van der Waals surface area contributed by atoms with Gasteiger partial charge in [-0.05, 0) is 19.4 Å². The van der Waals surface area contributed by atoms with Gasteiger partial charge in [0, 0.05) is 0 Å². The van der Waals surface area contributed by atoms with Crippen molar-refractivity contribution < 1.29 is 9.53 Å². The summed E-state index contributed by atoms with van der Waals surface area (Å²) in [6.45, 7) is 0.767. The van der Waals surface area contributed by atoms with Crippen LogP contribution in [0.25, 0.3) is 0 Å². The van der Waals surface area contributed by atoms with E-state index in [0.717, 1.165) is 13.0 Å². The van der Waals surface area contributed by atoms with Gasteiger partial charge in [-0.1, -0.05) is 58.0 Å². The van der Waals surface area contributed by atoms with E-state index in [1.165, 1.54) is 0 Å². The molecule has 0 bridgehead atoms. The number of carbonyl (C=O) groups is 1. The zero-order chi connectivity index (χ0) is 14.2. The SMILES string of the molecule is O=C(Oc1c(Cl)c(Cl)c(Cl)c(Cl)c1Cl)[C@@H]1CCCN1. The molecular weight excluding hydrogens is 355 g/mol. The lowest BCUT2D eigenvalue weighted by Crippen LogP contribution is -2.34. The van der Waals surface area contributed by atoms with Crippen LogP contribution in [-0.2, 0) is 4.79 Å². The van der Waals surface area contributed by atoms with Crippen LogP contribution in [0.15, 0.2) is 0 Å². The topological polar surface area (TPSA) is 38.3 Å². The fraction of sp³-hybridized carbons (Fsp3) is 0.364. The van der Waals surface area contributed by atoms with Crippen molar-refractivity contribution in [1.82, 2.24) is 5.32 Å². The molecule has 0 radical (unpaired) electrons. The molecule has 19 heavy (non-hydrogen) atoms. The minimum atomic E-state index is -0.476. The van der Waals surface area contributed by atoms with Gasteiger partial charge in [0.1, 0.15) is 16.1 Å². The Morgan fingerprint density at radius 2 is 1.53 bits per heavy atom. The highest BCUT2D eigenvalue weighted by molar-refractivity contribution is 6.55. The average Bonchev–Trinajstić information content (AvgIpc) is 2.93. The molecule has 1 N–H and O–H groups in total. The molecule has 1 heterocycles. The lowest BCUT2D eigenvalue weighted by molar-refractivity contribution is -0.136. The quantitative estimate of drug-likeness (QED) is 0.361. The molecule has 1 aliphatic heterocycles. The second kappa shape index (κ2) is 6.25. The van der Waals surface area contributed by atoms with Crippen molar-refractivity contribution in [3.8, 4) is 5.75 Å². The summed E-state index contributed by atoms with van der Waals surface area (Å²) >= 11 is 29.6. The van der Waals surface area contributed by atoms with E-state index in [1.54, 1.807) is 0 Å².